The van der Waals surface area contributed by atoms with Gasteiger partial charge in [-0.1, -0.05) is 30.3 Å². The molecule has 0 aliphatic carbocycles. The van der Waals surface area contributed by atoms with Crippen LogP contribution in [-0.4, -0.2) is 25.7 Å². The number of methoxy groups -OCH3 is 1. The lowest BCUT2D eigenvalue weighted by atomic mass is 9.80. The predicted octanol–water partition coefficient (Wildman–Crippen LogP) is 3.19. The molecule has 3 atom stereocenters. The molecule has 2 aliphatic rings. The minimum absolute atomic E-state index is 0.00272. The van der Waals surface area contributed by atoms with E-state index in [-0.39, 0.29) is 24.0 Å². The van der Waals surface area contributed by atoms with Crippen molar-refractivity contribution in [2.24, 2.45) is 5.92 Å². The Bertz CT molecular complexity index is 698. The SMILES string of the molecule is COc1ccc(N2C(=O)[C@@H]3CO[C@@H](c4ccccc4)C[C@@H]32)cc1. The molecule has 2 aliphatic heterocycles. The van der Waals surface area contributed by atoms with Crippen LogP contribution in [-0.2, 0) is 9.53 Å². The Kier molecular flexibility index (Phi) is 3.54. The Labute approximate surface area is 135 Å². The molecular formula is C19H19NO3. The average Bonchev–Trinajstić information content (AvgIpc) is 2.62. The predicted molar refractivity (Wildman–Crippen MR) is 87.5 cm³/mol. The van der Waals surface area contributed by atoms with Crippen molar-refractivity contribution in [1.82, 2.24) is 0 Å². The van der Waals surface area contributed by atoms with E-state index in [1.807, 2.05) is 47.4 Å². The number of rotatable bonds is 3. The van der Waals surface area contributed by atoms with Crippen LogP contribution < -0.4 is 9.64 Å². The first-order chi connectivity index (χ1) is 11.3. The lowest BCUT2D eigenvalue weighted by Gasteiger charge is -2.51. The van der Waals surface area contributed by atoms with Crippen molar-refractivity contribution < 1.29 is 14.3 Å². The maximum absolute atomic E-state index is 12.4. The molecule has 4 heteroatoms. The average molecular weight is 309 g/mol. The molecule has 118 valence electrons. The molecule has 0 N–H and O–H groups in total. The van der Waals surface area contributed by atoms with Gasteiger partial charge in [0, 0.05) is 5.69 Å². The second kappa shape index (κ2) is 5.70. The molecule has 0 radical (unpaired) electrons. The molecule has 0 bridgehead atoms. The lowest BCUT2D eigenvalue weighted by Crippen LogP contribution is -2.65. The fourth-order valence-corrected chi connectivity index (χ4v) is 3.53. The van der Waals surface area contributed by atoms with Gasteiger partial charge < -0.3 is 14.4 Å². The number of anilines is 1. The van der Waals surface area contributed by atoms with E-state index in [2.05, 4.69) is 12.1 Å². The molecule has 0 unspecified atom stereocenters. The van der Waals surface area contributed by atoms with Gasteiger partial charge >= 0.3 is 0 Å². The summed E-state index contributed by atoms with van der Waals surface area (Å²) < 4.78 is 11.1. The molecule has 0 spiro atoms. The number of hydrogen-bond donors (Lipinski definition) is 0. The zero-order chi connectivity index (χ0) is 15.8. The van der Waals surface area contributed by atoms with Gasteiger partial charge in [-0.25, -0.2) is 0 Å². The lowest BCUT2D eigenvalue weighted by molar-refractivity contribution is -0.142. The van der Waals surface area contributed by atoms with Crippen molar-refractivity contribution in [3.8, 4) is 5.75 Å². The summed E-state index contributed by atoms with van der Waals surface area (Å²) in [6.07, 6.45) is 0.901. The van der Waals surface area contributed by atoms with E-state index in [1.54, 1.807) is 7.11 Å². The molecular weight excluding hydrogens is 290 g/mol. The molecule has 0 saturated carbocycles. The van der Waals surface area contributed by atoms with Gasteiger partial charge in [0.2, 0.25) is 5.91 Å². The first-order valence-corrected chi connectivity index (χ1v) is 7.91. The van der Waals surface area contributed by atoms with Gasteiger partial charge in [-0.15, -0.1) is 0 Å². The summed E-state index contributed by atoms with van der Waals surface area (Å²) in [5, 5.41) is 0. The van der Waals surface area contributed by atoms with Crippen molar-refractivity contribution in [1.29, 1.82) is 0 Å². The van der Waals surface area contributed by atoms with Crippen LogP contribution in [0, 0.1) is 5.92 Å². The highest BCUT2D eigenvalue weighted by Gasteiger charge is 2.51. The van der Waals surface area contributed by atoms with E-state index in [1.165, 1.54) is 5.56 Å². The topological polar surface area (TPSA) is 38.8 Å². The van der Waals surface area contributed by atoms with Gasteiger partial charge in [0.05, 0.1) is 31.8 Å². The Morgan fingerprint density at radius 1 is 1.09 bits per heavy atom. The van der Waals surface area contributed by atoms with E-state index in [0.29, 0.717) is 6.61 Å². The highest BCUT2D eigenvalue weighted by molar-refractivity contribution is 6.03. The quantitative estimate of drug-likeness (QED) is 0.817. The van der Waals surface area contributed by atoms with Crippen molar-refractivity contribution in [2.45, 2.75) is 18.6 Å². The third-order valence-electron chi connectivity index (χ3n) is 4.81. The number of benzene rings is 2. The summed E-state index contributed by atoms with van der Waals surface area (Å²) in [4.78, 5) is 14.3. The van der Waals surface area contributed by atoms with Crippen LogP contribution in [0.3, 0.4) is 0 Å². The summed E-state index contributed by atoms with van der Waals surface area (Å²) in [5.74, 6) is 0.955. The van der Waals surface area contributed by atoms with E-state index < -0.39 is 0 Å². The summed E-state index contributed by atoms with van der Waals surface area (Å²) in [5.41, 5.74) is 2.12. The number of ether oxygens (including phenoxy) is 2. The Morgan fingerprint density at radius 2 is 1.83 bits per heavy atom. The molecule has 2 aromatic rings. The van der Waals surface area contributed by atoms with Crippen LogP contribution in [0.15, 0.2) is 54.6 Å². The minimum atomic E-state index is -0.00272. The van der Waals surface area contributed by atoms with Gasteiger partial charge in [0.25, 0.3) is 0 Å². The monoisotopic (exact) mass is 309 g/mol. The fraction of sp³-hybridized carbons (Fsp3) is 0.316. The van der Waals surface area contributed by atoms with Gasteiger partial charge in [-0.05, 0) is 36.2 Å². The molecule has 4 rings (SSSR count). The smallest absolute Gasteiger partial charge is 0.234 e. The van der Waals surface area contributed by atoms with Gasteiger partial charge in [0.1, 0.15) is 5.75 Å². The highest BCUT2D eigenvalue weighted by Crippen LogP contribution is 2.43. The number of carbonyl (C=O) groups is 1. The summed E-state index contributed by atoms with van der Waals surface area (Å²) >= 11 is 0. The Hall–Kier alpha value is -2.33. The van der Waals surface area contributed by atoms with Crippen molar-refractivity contribution >= 4 is 11.6 Å². The summed E-state index contributed by atoms with van der Waals surface area (Å²) in [6.45, 7) is 0.510. The summed E-state index contributed by atoms with van der Waals surface area (Å²) in [7, 11) is 1.64. The molecule has 23 heavy (non-hydrogen) atoms. The van der Waals surface area contributed by atoms with Crippen LogP contribution in [0.2, 0.25) is 0 Å². The highest BCUT2D eigenvalue weighted by atomic mass is 16.5. The normalized spacial score (nSPS) is 26.4. The van der Waals surface area contributed by atoms with Crippen LogP contribution in [0.1, 0.15) is 18.1 Å². The van der Waals surface area contributed by atoms with Crippen molar-refractivity contribution in [2.75, 3.05) is 18.6 Å². The Balaban J connectivity index is 1.54. The minimum Gasteiger partial charge on any atom is -0.497 e. The second-order valence-electron chi connectivity index (χ2n) is 6.05. The molecule has 2 heterocycles. The Morgan fingerprint density at radius 3 is 2.52 bits per heavy atom. The van der Waals surface area contributed by atoms with Crippen LogP contribution in [0.4, 0.5) is 5.69 Å². The fourth-order valence-electron chi connectivity index (χ4n) is 3.53. The molecule has 2 saturated heterocycles. The standard InChI is InChI=1S/C19H19NO3/c1-22-15-9-7-14(8-10-15)20-17-11-18(13-5-3-2-4-6-13)23-12-16(17)19(20)21/h2-10,16-18H,11-12H2,1H3/t16-,17+,18-/m1/s1. The van der Waals surface area contributed by atoms with Gasteiger partial charge in [-0.2, -0.15) is 0 Å². The van der Waals surface area contributed by atoms with E-state index in [0.717, 1.165) is 17.9 Å². The zero-order valence-electron chi connectivity index (χ0n) is 13.0. The van der Waals surface area contributed by atoms with Crippen molar-refractivity contribution in [3.63, 3.8) is 0 Å². The molecule has 0 aromatic heterocycles. The van der Waals surface area contributed by atoms with Crippen LogP contribution in [0.25, 0.3) is 0 Å². The van der Waals surface area contributed by atoms with Crippen molar-refractivity contribution in [3.05, 3.63) is 60.2 Å². The maximum atomic E-state index is 12.4. The summed E-state index contributed by atoms with van der Waals surface area (Å²) in [6, 6.07) is 18.1. The maximum Gasteiger partial charge on any atom is 0.234 e. The second-order valence-corrected chi connectivity index (χ2v) is 6.05. The largest absolute Gasteiger partial charge is 0.497 e. The van der Waals surface area contributed by atoms with Crippen LogP contribution >= 0.6 is 0 Å². The van der Waals surface area contributed by atoms with E-state index in [9.17, 15) is 4.79 Å². The number of hydrogen-bond acceptors (Lipinski definition) is 3. The van der Waals surface area contributed by atoms with Gasteiger partial charge in [-0.3, -0.25) is 4.79 Å². The van der Waals surface area contributed by atoms with Gasteiger partial charge in [0.15, 0.2) is 0 Å². The zero-order valence-corrected chi connectivity index (χ0v) is 13.0. The third kappa shape index (κ3) is 2.39. The first-order valence-electron chi connectivity index (χ1n) is 7.91. The van der Waals surface area contributed by atoms with Crippen LogP contribution in [0.5, 0.6) is 5.75 Å². The molecule has 2 fully saturated rings. The first kappa shape index (κ1) is 14.3. The number of carbonyl (C=O) groups excluding carboxylic acids is 1. The number of β-lactam (4-membered cyclic amide) rings is 1. The van der Waals surface area contributed by atoms with E-state index in [4.69, 9.17) is 9.47 Å². The number of fused-ring (bicyclic) bond motifs is 1. The molecule has 2 aromatic carbocycles. The molecule has 4 nitrogen and oxygen atoms in total. The molecule has 1 amide bonds. The number of nitrogens with zero attached hydrogens (tertiary/aromatic N) is 1. The number of amides is 1. The third-order valence-corrected chi connectivity index (χ3v) is 4.81. The van der Waals surface area contributed by atoms with E-state index >= 15 is 0 Å².